The Hall–Kier alpha value is -1.03. The summed E-state index contributed by atoms with van der Waals surface area (Å²) in [7, 11) is 0. The van der Waals surface area contributed by atoms with Gasteiger partial charge < -0.3 is 0 Å². The van der Waals surface area contributed by atoms with E-state index in [0.717, 1.165) is 12.3 Å². The SMILES string of the molecule is N#C[C@@H]1C=CC[C@@H]2CC=CC[C@@H]21. The van der Waals surface area contributed by atoms with E-state index in [2.05, 4.69) is 30.4 Å². The van der Waals surface area contributed by atoms with Gasteiger partial charge in [-0.2, -0.15) is 5.26 Å². The van der Waals surface area contributed by atoms with Crippen molar-refractivity contribution in [1.29, 1.82) is 5.26 Å². The van der Waals surface area contributed by atoms with Crippen LogP contribution in [-0.4, -0.2) is 0 Å². The molecule has 0 fully saturated rings. The van der Waals surface area contributed by atoms with Crippen molar-refractivity contribution in [3.05, 3.63) is 24.3 Å². The van der Waals surface area contributed by atoms with Crippen LogP contribution in [-0.2, 0) is 0 Å². The molecule has 0 aromatic rings. The molecule has 2 aliphatic carbocycles. The summed E-state index contributed by atoms with van der Waals surface area (Å²) in [6.45, 7) is 0. The molecule has 0 unspecified atom stereocenters. The highest BCUT2D eigenvalue weighted by Gasteiger charge is 2.30. The lowest BCUT2D eigenvalue weighted by molar-refractivity contribution is 0.275. The molecule has 0 aliphatic heterocycles. The van der Waals surface area contributed by atoms with Gasteiger partial charge in [0.2, 0.25) is 0 Å². The van der Waals surface area contributed by atoms with Crippen LogP contribution < -0.4 is 0 Å². The molecule has 0 N–H and O–H groups in total. The topological polar surface area (TPSA) is 23.8 Å². The van der Waals surface area contributed by atoms with E-state index >= 15 is 0 Å². The van der Waals surface area contributed by atoms with Crippen LogP contribution in [0.3, 0.4) is 0 Å². The van der Waals surface area contributed by atoms with E-state index in [1.807, 2.05) is 0 Å². The monoisotopic (exact) mass is 159 g/mol. The maximum Gasteiger partial charge on any atom is 0.0700 e. The summed E-state index contributed by atoms with van der Waals surface area (Å²) in [5.41, 5.74) is 0. The third kappa shape index (κ3) is 1.18. The van der Waals surface area contributed by atoms with Gasteiger partial charge in [0.25, 0.3) is 0 Å². The highest BCUT2D eigenvalue weighted by molar-refractivity contribution is 5.13. The largest absolute Gasteiger partial charge is 0.198 e. The van der Waals surface area contributed by atoms with Crippen molar-refractivity contribution in [1.82, 2.24) is 0 Å². The second-order valence-electron chi connectivity index (χ2n) is 3.69. The minimum Gasteiger partial charge on any atom is -0.198 e. The van der Waals surface area contributed by atoms with Crippen LogP contribution in [0, 0.1) is 29.1 Å². The molecule has 0 aromatic carbocycles. The van der Waals surface area contributed by atoms with Crippen molar-refractivity contribution >= 4 is 0 Å². The van der Waals surface area contributed by atoms with Gasteiger partial charge >= 0.3 is 0 Å². The first-order valence-electron chi connectivity index (χ1n) is 4.63. The number of fused-ring (bicyclic) bond motifs is 1. The van der Waals surface area contributed by atoms with Crippen LogP contribution in [0.25, 0.3) is 0 Å². The molecule has 0 saturated carbocycles. The fourth-order valence-corrected chi connectivity index (χ4v) is 2.28. The third-order valence-electron chi connectivity index (χ3n) is 3.01. The lowest BCUT2D eigenvalue weighted by Gasteiger charge is -2.32. The maximum absolute atomic E-state index is 8.90. The molecule has 0 spiro atoms. The van der Waals surface area contributed by atoms with Crippen LogP contribution in [0.5, 0.6) is 0 Å². The van der Waals surface area contributed by atoms with Crippen LogP contribution >= 0.6 is 0 Å². The third-order valence-corrected chi connectivity index (χ3v) is 3.01. The number of nitriles is 1. The summed E-state index contributed by atoms with van der Waals surface area (Å²) in [5, 5.41) is 8.90. The molecule has 2 aliphatic rings. The zero-order valence-corrected chi connectivity index (χ0v) is 7.11. The van der Waals surface area contributed by atoms with Crippen LogP contribution in [0.15, 0.2) is 24.3 Å². The molecule has 1 nitrogen and oxygen atoms in total. The quantitative estimate of drug-likeness (QED) is 0.498. The average molecular weight is 159 g/mol. The van der Waals surface area contributed by atoms with Gasteiger partial charge in [0.1, 0.15) is 0 Å². The summed E-state index contributed by atoms with van der Waals surface area (Å²) in [6.07, 6.45) is 12.2. The second-order valence-corrected chi connectivity index (χ2v) is 3.69. The van der Waals surface area contributed by atoms with E-state index in [0.29, 0.717) is 5.92 Å². The highest BCUT2D eigenvalue weighted by atomic mass is 14.4. The van der Waals surface area contributed by atoms with Gasteiger partial charge in [-0.15, -0.1) is 0 Å². The molecule has 62 valence electrons. The minimum absolute atomic E-state index is 0.175. The number of hydrogen-bond acceptors (Lipinski definition) is 1. The number of rotatable bonds is 0. The van der Waals surface area contributed by atoms with E-state index in [-0.39, 0.29) is 5.92 Å². The Morgan fingerprint density at radius 2 is 1.83 bits per heavy atom. The van der Waals surface area contributed by atoms with Gasteiger partial charge in [0, 0.05) is 0 Å². The van der Waals surface area contributed by atoms with Crippen LogP contribution in [0.2, 0.25) is 0 Å². The summed E-state index contributed by atoms with van der Waals surface area (Å²) in [5.74, 6) is 1.52. The fraction of sp³-hybridized carbons (Fsp3) is 0.545. The molecule has 3 atom stereocenters. The van der Waals surface area contributed by atoms with Crippen molar-refractivity contribution in [2.24, 2.45) is 17.8 Å². The van der Waals surface area contributed by atoms with Crippen molar-refractivity contribution in [2.45, 2.75) is 19.3 Å². The number of allylic oxidation sites excluding steroid dienone is 4. The highest BCUT2D eigenvalue weighted by Crippen LogP contribution is 2.37. The summed E-state index contributed by atoms with van der Waals surface area (Å²) in [6, 6.07) is 2.38. The second kappa shape index (κ2) is 3.15. The predicted octanol–water partition coefficient (Wildman–Crippen LogP) is 2.67. The standard InChI is InChI=1S/C11H13N/c12-8-10-6-3-5-9-4-1-2-7-11(9)10/h1-3,6,9-11H,4-5,7H2/t9-,10-,11-/m0/s1. The van der Waals surface area contributed by atoms with Crippen molar-refractivity contribution in [2.75, 3.05) is 0 Å². The van der Waals surface area contributed by atoms with Gasteiger partial charge in [0.15, 0.2) is 0 Å². The van der Waals surface area contributed by atoms with Gasteiger partial charge in [-0.1, -0.05) is 24.3 Å². The Balaban J connectivity index is 2.19. The lowest BCUT2D eigenvalue weighted by Crippen LogP contribution is -2.25. The van der Waals surface area contributed by atoms with Crippen molar-refractivity contribution in [3.63, 3.8) is 0 Å². The molecule has 1 heteroatoms. The van der Waals surface area contributed by atoms with Crippen LogP contribution in [0.4, 0.5) is 0 Å². The summed E-state index contributed by atoms with van der Waals surface area (Å²) < 4.78 is 0. The zero-order chi connectivity index (χ0) is 8.39. The zero-order valence-electron chi connectivity index (χ0n) is 7.11. The van der Waals surface area contributed by atoms with Crippen LogP contribution in [0.1, 0.15) is 19.3 Å². The molecule has 2 rings (SSSR count). The van der Waals surface area contributed by atoms with E-state index in [4.69, 9.17) is 5.26 Å². The number of nitrogens with zero attached hydrogens (tertiary/aromatic N) is 1. The van der Waals surface area contributed by atoms with Gasteiger partial charge in [0.05, 0.1) is 12.0 Å². The molecule has 0 aromatic heterocycles. The Labute approximate surface area is 73.4 Å². The summed E-state index contributed by atoms with van der Waals surface area (Å²) >= 11 is 0. The molecule has 0 saturated heterocycles. The van der Waals surface area contributed by atoms with Gasteiger partial charge in [-0.25, -0.2) is 0 Å². The smallest absolute Gasteiger partial charge is 0.0700 e. The molecular weight excluding hydrogens is 146 g/mol. The first-order valence-corrected chi connectivity index (χ1v) is 4.63. The van der Waals surface area contributed by atoms with Crippen molar-refractivity contribution in [3.8, 4) is 6.07 Å². The Morgan fingerprint density at radius 3 is 2.67 bits per heavy atom. The van der Waals surface area contributed by atoms with Crippen molar-refractivity contribution < 1.29 is 0 Å². The first kappa shape index (κ1) is 7.61. The van der Waals surface area contributed by atoms with Gasteiger partial charge in [-0.05, 0) is 31.1 Å². The van der Waals surface area contributed by atoms with E-state index in [1.54, 1.807) is 0 Å². The molecule has 0 heterocycles. The average Bonchev–Trinajstić information content (AvgIpc) is 2.17. The normalized spacial score (nSPS) is 38.8. The van der Waals surface area contributed by atoms with E-state index in [9.17, 15) is 0 Å². The molecule has 0 radical (unpaired) electrons. The Morgan fingerprint density at radius 1 is 1.08 bits per heavy atom. The van der Waals surface area contributed by atoms with Gasteiger partial charge in [-0.3, -0.25) is 0 Å². The molecule has 12 heavy (non-hydrogen) atoms. The lowest BCUT2D eigenvalue weighted by atomic mass is 9.71. The first-order chi connectivity index (χ1) is 5.92. The Bertz CT molecular complexity index is 257. The maximum atomic E-state index is 8.90. The minimum atomic E-state index is 0.175. The molecular formula is C11H13N. The Kier molecular flexibility index (Phi) is 1.99. The molecule has 0 amide bonds. The fourth-order valence-electron chi connectivity index (χ4n) is 2.28. The summed E-state index contributed by atoms with van der Waals surface area (Å²) in [4.78, 5) is 0. The molecule has 0 bridgehead atoms. The van der Waals surface area contributed by atoms with E-state index in [1.165, 1.54) is 12.8 Å². The van der Waals surface area contributed by atoms with E-state index < -0.39 is 0 Å². The number of hydrogen-bond donors (Lipinski definition) is 0. The predicted molar refractivity (Wildman–Crippen MR) is 48.2 cm³/mol.